The maximum Gasteiger partial charge on any atom is 0.335 e. The molecule has 1 aliphatic heterocycles. The number of carboxylic acid groups (broad SMARTS) is 1. The molecular formula is C31H36N4O6. The third kappa shape index (κ3) is 5.55. The van der Waals surface area contributed by atoms with Gasteiger partial charge in [-0.2, -0.15) is 0 Å². The Balaban J connectivity index is 1.55. The third-order valence-electron chi connectivity index (χ3n) is 8.78. The number of carboxylic acids is 1. The molecule has 0 radical (unpaired) electrons. The highest BCUT2D eigenvalue weighted by Gasteiger charge is 2.48. The van der Waals surface area contributed by atoms with Gasteiger partial charge in [-0.3, -0.25) is 14.6 Å². The summed E-state index contributed by atoms with van der Waals surface area (Å²) in [7, 11) is 0. The SMILES string of the molecule is CC1(C(C=O)N2C(=O)N(CC(=O)Nc3cccc(C(=O)O)c3)C(=O)N(C3CCCCC3)c3ccccc32)CCCC1. The summed E-state index contributed by atoms with van der Waals surface area (Å²) in [5.74, 6) is -1.80. The van der Waals surface area contributed by atoms with E-state index in [1.165, 1.54) is 29.2 Å². The average molecular weight is 561 g/mol. The Hall–Kier alpha value is -4.21. The zero-order chi connectivity index (χ0) is 29.1. The number of carbonyl (C=O) groups is 5. The molecule has 41 heavy (non-hydrogen) atoms. The number of nitrogens with zero attached hydrogens (tertiary/aromatic N) is 3. The Morgan fingerprint density at radius 1 is 0.976 bits per heavy atom. The number of nitrogens with one attached hydrogen (secondary N) is 1. The van der Waals surface area contributed by atoms with Gasteiger partial charge < -0.3 is 15.2 Å². The number of amides is 5. The summed E-state index contributed by atoms with van der Waals surface area (Å²) < 4.78 is 0. The molecule has 2 fully saturated rings. The number of para-hydroxylation sites is 2. The van der Waals surface area contributed by atoms with Crippen molar-refractivity contribution in [3.63, 3.8) is 0 Å². The first-order valence-electron chi connectivity index (χ1n) is 14.3. The van der Waals surface area contributed by atoms with Crippen LogP contribution < -0.4 is 15.1 Å². The van der Waals surface area contributed by atoms with E-state index < -0.39 is 41.9 Å². The van der Waals surface area contributed by atoms with E-state index in [0.29, 0.717) is 11.4 Å². The first-order valence-corrected chi connectivity index (χ1v) is 14.3. The number of hydrogen-bond acceptors (Lipinski definition) is 5. The highest BCUT2D eigenvalue weighted by atomic mass is 16.4. The van der Waals surface area contributed by atoms with Crippen molar-refractivity contribution in [3.05, 3.63) is 54.1 Å². The summed E-state index contributed by atoms with van der Waals surface area (Å²) in [6.45, 7) is 1.41. The first kappa shape index (κ1) is 28.3. The largest absolute Gasteiger partial charge is 0.478 e. The number of rotatable bonds is 8. The molecule has 10 heteroatoms. The van der Waals surface area contributed by atoms with Gasteiger partial charge in [-0.25, -0.2) is 19.3 Å². The number of hydrogen-bond donors (Lipinski definition) is 2. The molecule has 0 saturated heterocycles. The predicted octanol–water partition coefficient (Wildman–Crippen LogP) is 5.67. The zero-order valence-electron chi connectivity index (χ0n) is 23.3. The van der Waals surface area contributed by atoms with E-state index in [1.54, 1.807) is 17.0 Å². The van der Waals surface area contributed by atoms with Gasteiger partial charge in [0.1, 0.15) is 12.8 Å². The Labute approximate surface area is 239 Å². The van der Waals surface area contributed by atoms with Gasteiger partial charge in [0.2, 0.25) is 5.91 Å². The molecule has 1 atom stereocenters. The van der Waals surface area contributed by atoms with Crippen LogP contribution in [0.3, 0.4) is 0 Å². The molecule has 2 N–H and O–H groups in total. The molecule has 0 spiro atoms. The molecule has 1 heterocycles. The lowest BCUT2D eigenvalue weighted by molar-refractivity contribution is -0.116. The van der Waals surface area contributed by atoms with E-state index in [-0.39, 0.29) is 17.3 Å². The fourth-order valence-corrected chi connectivity index (χ4v) is 6.61. The number of aldehydes is 1. The van der Waals surface area contributed by atoms with Crippen molar-refractivity contribution in [3.8, 4) is 0 Å². The molecule has 10 nitrogen and oxygen atoms in total. The van der Waals surface area contributed by atoms with Crippen LogP contribution >= 0.6 is 0 Å². The summed E-state index contributed by atoms with van der Waals surface area (Å²) in [6.07, 6.45) is 8.72. The van der Waals surface area contributed by atoms with Crippen molar-refractivity contribution in [2.45, 2.75) is 76.8 Å². The quantitative estimate of drug-likeness (QED) is 0.401. The number of anilines is 3. The number of aromatic carboxylic acids is 1. The fourth-order valence-electron chi connectivity index (χ4n) is 6.61. The minimum absolute atomic E-state index is 0.00606. The number of imide groups is 1. The second kappa shape index (κ2) is 11.7. The first-order chi connectivity index (χ1) is 19.7. The summed E-state index contributed by atoms with van der Waals surface area (Å²) in [4.78, 5) is 70.0. The number of fused-ring (bicyclic) bond motifs is 1. The number of carbonyl (C=O) groups excluding carboxylic acids is 4. The van der Waals surface area contributed by atoms with Crippen LogP contribution in [0.15, 0.2) is 48.5 Å². The van der Waals surface area contributed by atoms with Crippen LogP contribution in [0.5, 0.6) is 0 Å². The van der Waals surface area contributed by atoms with Crippen LogP contribution in [0.1, 0.15) is 75.1 Å². The Morgan fingerprint density at radius 2 is 1.66 bits per heavy atom. The summed E-state index contributed by atoms with van der Waals surface area (Å²) in [5.41, 5.74) is 0.798. The molecular weight excluding hydrogens is 524 g/mol. The van der Waals surface area contributed by atoms with E-state index in [2.05, 4.69) is 5.32 Å². The lowest BCUT2D eigenvalue weighted by Crippen LogP contribution is -2.57. The lowest BCUT2D eigenvalue weighted by atomic mass is 9.80. The van der Waals surface area contributed by atoms with E-state index in [9.17, 15) is 29.1 Å². The smallest absolute Gasteiger partial charge is 0.335 e. The number of urea groups is 2. The van der Waals surface area contributed by atoms with Gasteiger partial charge in [0.05, 0.1) is 23.0 Å². The third-order valence-corrected chi connectivity index (χ3v) is 8.78. The second-order valence-electron chi connectivity index (χ2n) is 11.5. The molecule has 0 aromatic heterocycles. The fraction of sp³-hybridized carbons (Fsp3) is 0.452. The molecule has 2 saturated carbocycles. The van der Waals surface area contributed by atoms with E-state index in [4.69, 9.17) is 0 Å². The van der Waals surface area contributed by atoms with Crippen molar-refractivity contribution in [1.82, 2.24) is 4.90 Å². The maximum absolute atomic E-state index is 14.4. The van der Waals surface area contributed by atoms with Gasteiger partial charge in [0.25, 0.3) is 0 Å². The molecule has 0 bridgehead atoms. The van der Waals surface area contributed by atoms with Gasteiger partial charge in [-0.1, -0.05) is 57.2 Å². The zero-order valence-corrected chi connectivity index (χ0v) is 23.3. The normalized spacial score (nSPS) is 19.9. The molecule has 5 amide bonds. The van der Waals surface area contributed by atoms with Crippen LogP contribution in [0.25, 0.3) is 0 Å². The van der Waals surface area contributed by atoms with E-state index in [0.717, 1.165) is 69.0 Å². The Kier molecular flexibility index (Phi) is 8.10. The van der Waals surface area contributed by atoms with Gasteiger partial charge in [0.15, 0.2) is 0 Å². The van der Waals surface area contributed by atoms with Crippen molar-refractivity contribution in [1.29, 1.82) is 0 Å². The predicted molar refractivity (Wildman–Crippen MR) is 154 cm³/mol. The van der Waals surface area contributed by atoms with Crippen LogP contribution in [-0.2, 0) is 9.59 Å². The van der Waals surface area contributed by atoms with Gasteiger partial charge >= 0.3 is 18.0 Å². The Bertz CT molecular complexity index is 1350. The molecule has 216 valence electrons. The Morgan fingerprint density at radius 3 is 2.32 bits per heavy atom. The minimum Gasteiger partial charge on any atom is -0.478 e. The van der Waals surface area contributed by atoms with Gasteiger partial charge in [-0.15, -0.1) is 0 Å². The molecule has 3 aliphatic rings. The van der Waals surface area contributed by atoms with Crippen molar-refractivity contribution in [2.24, 2.45) is 5.41 Å². The van der Waals surface area contributed by atoms with Crippen molar-refractivity contribution >= 4 is 47.3 Å². The lowest BCUT2D eigenvalue weighted by Gasteiger charge is -2.39. The van der Waals surface area contributed by atoms with Gasteiger partial charge in [-0.05, 0) is 61.4 Å². The average Bonchev–Trinajstić information content (AvgIpc) is 3.39. The van der Waals surface area contributed by atoms with Crippen molar-refractivity contribution < 1.29 is 29.1 Å². The number of benzene rings is 2. The summed E-state index contributed by atoms with van der Waals surface area (Å²) in [5, 5.41) is 11.9. The summed E-state index contributed by atoms with van der Waals surface area (Å²) >= 11 is 0. The molecule has 5 rings (SSSR count). The molecule has 1 unspecified atom stereocenters. The monoisotopic (exact) mass is 560 g/mol. The van der Waals surface area contributed by atoms with Gasteiger partial charge in [0, 0.05) is 11.7 Å². The standard InChI is InChI=1S/C31H36N4O6/c1-31(16-7-8-17-31)26(20-36)35-25-15-6-5-14-24(25)34(23-12-3-2-4-13-23)29(40)33(30(35)41)19-27(37)32-22-11-9-10-21(18-22)28(38)39/h5-6,9-11,14-15,18,20,23,26H,2-4,7-8,12-13,16-17,19H2,1H3,(H,32,37)(H,38,39). The van der Waals surface area contributed by atoms with E-state index in [1.807, 2.05) is 19.1 Å². The topological polar surface area (TPSA) is 127 Å². The second-order valence-corrected chi connectivity index (χ2v) is 11.5. The minimum atomic E-state index is -1.14. The van der Waals surface area contributed by atoms with Crippen LogP contribution in [0.4, 0.5) is 26.7 Å². The highest BCUT2D eigenvalue weighted by molar-refractivity contribution is 6.16. The highest BCUT2D eigenvalue weighted by Crippen LogP contribution is 2.46. The molecule has 2 aromatic rings. The summed E-state index contributed by atoms with van der Waals surface area (Å²) in [6, 6.07) is 10.6. The van der Waals surface area contributed by atoms with Crippen molar-refractivity contribution in [2.75, 3.05) is 21.7 Å². The molecule has 2 aliphatic carbocycles. The maximum atomic E-state index is 14.4. The van der Waals surface area contributed by atoms with Crippen LogP contribution in [0.2, 0.25) is 0 Å². The van der Waals surface area contributed by atoms with Crippen LogP contribution in [-0.4, -0.2) is 58.9 Å². The van der Waals surface area contributed by atoms with E-state index >= 15 is 0 Å². The molecule has 2 aromatic carbocycles. The van der Waals surface area contributed by atoms with Crippen LogP contribution in [0, 0.1) is 5.41 Å².